The van der Waals surface area contributed by atoms with E-state index in [1.807, 2.05) is 12.1 Å². The van der Waals surface area contributed by atoms with Gasteiger partial charge >= 0.3 is 6.09 Å². The smallest absolute Gasteiger partial charge is 0.410 e. The van der Waals surface area contributed by atoms with Gasteiger partial charge in [0.25, 0.3) is 0 Å². The van der Waals surface area contributed by atoms with Crippen molar-refractivity contribution >= 4 is 12.0 Å². The number of nitrogens with one attached hydrogen (secondary N) is 1. The fourth-order valence-corrected chi connectivity index (χ4v) is 4.33. The van der Waals surface area contributed by atoms with Gasteiger partial charge in [-0.3, -0.25) is 9.69 Å². The topological polar surface area (TPSA) is 58.6 Å². The summed E-state index contributed by atoms with van der Waals surface area (Å²) in [5, 5.41) is 2.62. The maximum absolute atomic E-state index is 12.1. The molecule has 0 aromatic heterocycles. The van der Waals surface area contributed by atoms with Gasteiger partial charge in [-0.1, -0.05) is 18.6 Å². The molecule has 1 N–H and O–H groups in total. The third-order valence-corrected chi connectivity index (χ3v) is 5.78. The lowest BCUT2D eigenvalue weighted by molar-refractivity contribution is -0.131. The number of carbonyl (C=O) groups excluding carboxylic acids is 2. The van der Waals surface area contributed by atoms with Crippen molar-refractivity contribution in [3.05, 3.63) is 29.8 Å². The van der Waals surface area contributed by atoms with Crippen LogP contribution in [0.15, 0.2) is 24.3 Å². The van der Waals surface area contributed by atoms with Gasteiger partial charge in [-0.15, -0.1) is 0 Å². The number of carbonyl (C=O) groups is 2. The van der Waals surface area contributed by atoms with Gasteiger partial charge in [-0.2, -0.15) is 0 Å². The Bertz CT molecular complexity index is 628. The number of rotatable bonds is 3. The van der Waals surface area contributed by atoms with Crippen molar-refractivity contribution in [1.29, 1.82) is 0 Å². The SMILES string of the molecule is CN(C(=O)Oc1ccc(C2CC3CCC2C3)cc1)[C@H]1CNC1=O. The summed E-state index contributed by atoms with van der Waals surface area (Å²) < 4.78 is 5.37. The molecule has 23 heavy (non-hydrogen) atoms. The number of benzene rings is 1. The maximum Gasteiger partial charge on any atom is 0.415 e. The molecule has 2 saturated carbocycles. The molecule has 1 aliphatic heterocycles. The first-order valence-corrected chi connectivity index (χ1v) is 8.44. The van der Waals surface area contributed by atoms with Gasteiger partial charge < -0.3 is 10.1 Å². The Kier molecular flexibility index (Phi) is 3.51. The number of fused-ring (bicyclic) bond motifs is 2. The molecule has 1 aromatic carbocycles. The fourth-order valence-electron chi connectivity index (χ4n) is 4.33. The van der Waals surface area contributed by atoms with Crippen LogP contribution in [0.1, 0.15) is 37.2 Å². The highest BCUT2D eigenvalue weighted by atomic mass is 16.6. The molecule has 4 atom stereocenters. The van der Waals surface area contributed by atoms with Crippen LogP contribution in [0.5, 0.6) is 5.75 Å². The predicted octanol–water partition coefficient (Wildman–Crippen LogP) is 2.52. The second-order valence-electron chi connectivity index (χ2n) is 7.09. The number of likely N-dealkylation sites (N-methyl/N-ethyl adjacent to an activating group) is 1. The highest BCUT2D eigenvalue weighted by Crippen LogP contribution is 2.52. The van der Waals surface area contributed by atoms with E-state index in [1.54, 1.807) is 7.05 Å². The van der Waals surface area contributed by atoms with E-state index < -0.39 is 12.1 Å². The Morgan fingerprint density at radius 2 is 2.00 bits per heavy atom. The Morgan fingerprint density at radius 1 is 1.22 bits per heavy atom. The molecule has 2 aliphatic carbocycles. The van der Waals surface area contributed by atoms with Crippen molar-refractivity contribution in [1.82, 2.24) is 10.2 Å². The molecule has 0 radical (unpaired) electrons. The molecular formula is C18H22N2O3. The number of β-lactam (4-membered cyclic amide) rings is 1. The molecule has 3 unspecified atom stereocenters. The summed E-state index contributed by atoms with van der Waals surface area (Å²) in [6, 6.07) is 7.51. The third kappa shape index (κ3) is 2.58. The lowest BCUT2D eigenvalue weighted by Crippen LogP contribution is -2.62. The normalized spacial score (nSPS) is 31.4. The van der Waals surface area contributed by atoms with Gasteiger partial charge in [0.1, 0.15) is 11.8 Å². The third-order valence-electron chi connectivity index (χ3n) is 5.78. The van der Waals surface area contributed by atoms with Gasteiger partial charge in [0.05, 0.1) is 0 Å². The second-order valence-corrected chi connectivity index (χ2v) is 7.09. The van der Waals surface area contributed by atoms with Gasteiger partial charge in [-0.25, -0.2) is 4.79 Å². The summed E-state index contributed by atoms with van der Waals surface area (Å²) in [6.07, 6.45) is 4.97. The minimum Gasteiger partial charge on any atom is -0.410 e. The molecule has 5 nitrogen and oxygen atoms in total. The summed E-state index contributed by atoms with van der Waals surface area (Å²) >= 11 is 0. The van der Waals surface area contributed by atoms with Crippen LogP contribution in [0.25, 0.3) is 0 Å². The molecule has 2 amide bonds. The minimum absolute atomic E-state index is 0.129. The maximum atomic E-state index is 12.1. The fraction of sp³-hybridized carbons (Fsp3) is 0.556. The Hall–Kier alpha value is -2.04. The largest absolute Gasteiger partial charge is 0.415 e. The lowest BCUT2D eigenvalue weighted by atomic mass is 9.83. The van der Waals surface area contributed by atoms with E-state index >= 15 is 0 Å². The van der Waals surface area contributed by atoms with E-state index in [9.17, 15) is 9.59 Å². The number of amides is 2. The number of hydrogen-bond donors (Lipinski definition) is 1. The molecule has 3 aliphatic rings. The summed E-state index contributed by atoms with van der Waals surface area (Å²) in [4.78, 5) is 24.7. The summed E-state index contributed by atoms with van der Waals surface area (Å²) in [5.74, 6) is 2.85. The van der Waals surface area contributed by atoms with E-state index in [2.05, 4.69) is 17.4 Å². The molecule has 5 heteroatoms. The van der Waals surface area contributed by atoms with E-state index in [1.165, 1.54) is 36.1 Å². The van der Waals surface area contributed by atoms with E-state index in [-0.39, 0.29) is 5.91 Å². The van der Waals surface area contributed by atoms with E-state index in [4.69, 9.17) is 4.74 Å². The van der Waals surface area contributed by atoms with Crippen LogP contribution in [0.2, 0.25) is 0 Å². The summed E-state index contributed by atoms with van der Waals surface area (Å²) in [6.45, 7) is 0.494. The molecule has 2 bridgehead atoms. The van der Waals surface area contributed by atoms with Gasteiger partial charge in [0, 0.05) is 13.6 Å². The Labute approximate surface area is 136 Å². The summed E-state index contributed by atoms with van der Waals surface area (Å²) in [5.41, 5.74) is 1.36. The average molecular weight is 314 g/mol. The minimum atomic E-state index is -0.488. The summed E-state index contributed by atoms with van der Waals surface area (Å²) in [7, 11) is 1.59. The van der Waals surface area contributed by atoms with Gasteiger partial charge in [0.15, 0.2) is 0 Å². The van der Waals surface area contributed by atoms with Crippen molar-refractivity contribution in [2.75, 3.05) is 13.6 Å². The molecule has 122 valence electrons. The highest BCUT2D eigenvalue weighted by Gasteiger charge is 2.40. The monoisotopic (exact) mass is 314 g/mol. The molecule has 1 heterocycles. The zero-order valence-electron chi connectivity index (χ0n) is 13.3. The Balaban J connectivity index is 1.38. The zero-order chi connectivity index (χ0) is 16.0. The first-order chi connectivity index (χ1) is 11.1. The van der Waals surface area contributed by atoms with Crippen molar-refractivity contribution in [2.45, 2.75) is 37.6 Å². The quantitative estimate of drug-likeness (QED) is 0.872. The molecule has 1 saturated heterocycles. The first-order valence-electron chi connectivity index (χ1n) is 8.44. The van der Waals surface area contributed by atoms with Crippen molar-refractivity contribution in [3.63, 3.8) is 0 Å². The van der Waals surface area contributed by atoms with Crippen molar-refractivity contribution < 1.29 is 14.3 Å². The second kappa shape index (κ2) is 5.55. The van der Waals surface area contributed by atoms with Crippen LogP contribution in [0.3, 0.4) is 0 Å². The average Bonchev–Trinajstić information content (AvgIpc) is 3.17. The zero-order valence-corrected chi connectivity index (χ0v) is 13.3. The van der Waals surface area contributed by atoms with Crippen molar-refractivity contribution in [2.24, 2.45) is 11.8 Å². The van der Waals surface area contributed by atoms with Crippen LogP contribution in [0, 0.1) is 11.8 Å². The molecule has 0 spiro atoms. The van der Waals surface area contributed by atoms with E-state index in [0.717, 1.165) is 11.8 Å². The van der Waals surface area contributed by atoms with Crippen LogP contribution < -0.4 is 10.1 Å². The van der Waals surface area contributed by atoms with E-state index in [0.29, 0.717) is 18.2 Å². The van der Waals surface area contributed by atoms with Crippen LogP contribution in [-0.4, -0.2) is 36.5 Å². The molecule has 4 rings (SSSR count). The van der Waals surface area contributed by atoms with Crippen LogP contribution in [0.4, 0.5) is 4.79 Å². The van der Waals surface area contributed by atoms with Crippen LogP contribution in [-0.2, 0) is 4.79 Å². The molecule has 3 fully saturated rings. The molecular weight excluding hydrogens is 292 g/mol. The number of nitrogens with zero attached hydrogens (tertiary/aromatic N) is 1. The Morgan fingerprint density at radius 3 is 2.52 bits per heavy atom. The van der Waals surface area contributed by atoms with Crippen LogP contribution >= 0.6 is 0 Å². The van der Waals surface area contributed by atoms with Gasteiger partial charge in [0.2, 0.25) is 5.91 Å². The highest BCUT2D eigenvalue weighted by molar-refractivity contribution is 5.91. The van der Waals surface area contributed by atoms with Crippen molar-refractivity contribution in [3.8, 4) is 5.75 Å². The first kappa shape index (κ1) is 14.5. The predicted molar refractivity (Wildman–Crippen MR) is 85.2 cm³/mol. The van der Waals surface area contributed by atoms with Gasteiger partial charge in [-0.05, 0) is 54.7 Å². The number of ether oxygens (including phenoxy) is 1. The standard InChI is InChI=1S/C18H22N2O3/c1-20(16-10-19-17(16)21)18(22)23-14-6-4-12(5-7-14)15-9-11-2-3-13(15)8-11/h4-7,11,13,15-16H,2-3,8-10H2,1H3,(H,19,21)/t11?,13?,15?,16-/m0/s1. The number of hydrogen-bond acceptors (Lipinski definition) is 3. The molecule has 1 aromatic rings. The lowest BCUT2D eigenvalue weighted by Gasteiger charge is -2.33.